The summed E-state index contributed by atoms with van der Waals surface area (Å²) >= 11 is 0. The fourth-order valence-electron chi connectivity index (χ4n) is 2.01. The quantitative estimate of drug-likeness (QED) is 0.869. The van der Waals surface area contributed by atoms with E-state index in [4.69, 9.17) is 14.0 Å². The molecular formula is C14H16N2O5. The molecule has 0 aliphatic heterocycles. The summed E-state index contributed by atoms with van der Waals surface area (Å²) in [5, 5.41) is 15.4. The number of hydrogen-bond acceptors (Lipinski definition) is 5. The number of nitrogens with one attached hydrogen (secondary N) is 1. The van der Waals surface area contributed by atoms with E-state index in [0.29, 0.717) is 23.0 Å². The highest BCUT2D eigenvalue weighted by molar-refractivity contribution is 5.88. The fraction of sp³-hybridized carbons (Fsp3) is 0.357. The summed E-state index contributed by atoms with van der Waals surface area (Å²) in [4.78, 5) is 22.8. The Morgan fingerprint density at radius 3 is 2.52 bits per heavy atom. The molecule has 2 rings (SSSR count). The number of furan rings is 1. The van der Waals surface area contributed by atoms with E-state index in [0.717, 1.165) is 5.56 Å². The molecule has 112 valence electrons. The second-order valence-corrected chi connectivity index (χ2v) is 4.74. The van der Waals surface area contributed by atoms with Gasteiger partial charge in [-0.05, 0) is 26.8 Å². The zero-order valence-corrected chi connectivity index (χ0v) is 12.0. The molecular weight excluding hydrogens is 276 g/mol. The molecule has 0 spiro atoms. The maximum atomic E-state index is 11.9. The largest absolute Gasteiger partial charge is 0.478 e. The number of amides is 1. The first kappa shape index (κ1) is 14.8. The Hall–Kier alpha value is -2.57. The number of aromatic carboxylic acids is 1. The van der Waals surface area contributed by atoms with Crippen molar-refractivity contribution in [2.45, 2.75) is 33.7 Å². The summed E-state index contributed by atoms with van der Waals surface area (Å²) in [5.41, 5.74) is 1.55. The van der Waals surface area contributed by atoms with Crippen molar-refractivity contribution in [2.24, 2.45) is 0 Å². The summed E-state index contributed by atoms with van der Waals surface area (Å²) < 4.78 is 10.3. The first-order valence-electron chi connectivity index (χ1n) is 6.39. The van der Waals surface area contributed by atoms with Crippen molar-refractivity contribution >= 4 is 11.9 Å². The Labute approximate surface area is 120 Å². The Morgan fingerprint density at radius 1 is 1.29 bits per heavy atom. The number of carboxylic acid groups (broad SMARTS) is 1. The van der Waals surface area contributed by atoms with Crippen LogP contribution < -0.4 is 5.32 Å². The van der Waals surface area contributed by atoms with Crippen molar-refractivity contribution in [3.63, 3.8) is 0 Å². The minimum Gasteiger partial charge on any atom is -0.478 e. The molecule has 0 saturated heterocycles. The summed E-state index contributed by atoms with van der Waals surface area (Å²) in [6.07, 6.45) is 0.159. The van der Waals surface area contributed by atoms with Gasteiger partial charge in [-0.25, -0.2) is 4.79 Å². The van der Waals surface area contributed by atoms with Crippen LogP contribution in [0.15, 0.2) is 15.0 Å². The highest BCUT2D eigenvalue weighted by Crippen LogP contribution is 2.15. The lowest BCUT2D eigenvalue weighted by Crippen LogP contribution is -2.24. The smallest absolute Gasteiger partial charge is 0.339 e. The molecule has 0 aliphatic rings. The topological polar surface area (TPSA) is 106 Å². The third-order valence-corrected chi connectivity index (χ3v) is 3.18. The predicted molar refractivity (Wildman–Crippen MR) is 71.9 cm³/mol. The van der Waals surface area contributed by atoms with E-state index in [1.54, 1.807) is 20.8 Å². The molecule has 7 nitrogen and oxygen atoms in total. The van der Waals surface area contributed by atoms with Gasteiger partial charge in [0, 0.05) is 5.56 Å². The van der Waals surface area contributed by atoms with Crippen LogP contribution in [0, 0.1) is 20.8 Å². The van der Waals surface area contributed by atoms with Crippen LogP contribution >= 0.6 is 0 Å². The standard InChI is InChI=1S/C14H16N2O5/c1-7-11(9(3)21-16-7)5-13(17)15-6-10-4-12(14(18)19)8(2)20-10/h4H,5-6H2,1-3H3,(H,15,17)(H,18,19). The third kappa shape index (κ3) is 3.31. The molecule has 0 atom stereocenters. The van der Waals surface area contributed by atoms with Crippen molar-refractivity contribution in [1.29, 1.82) is 0 Å². The second kappa shape index (κ2) is 5.82. The number of carbonyl (C=O) groups is 2. The van der Waals surface area contributed by atoms with Gasteiger partial charge in [-0.2, -0.15) is 0 Å². The van der Waals surface area contributed by atoms with Crippen molar-refractivity contribution in [3.8, 4) is 0 Å². The molecule has 0 saturated carbocycles. The minimum atomic E-state index is -1.05. The molecule has 0 aromatic carbocycles. The molecule has 7 heteroatoms. The van der Waals surface area contributed by atoms with Crippen LogP contribution in [-0.4, -0.2) is 22.1 Å². The Balaban J connectivity index is 1.95. The van der Waals surface area contributed by atoms with Gasteiger partial charge in [0.25, 0.3) is 0 Å². The number of hydrogen-bond donors (Lipinski definition) is 2. The summed E-state index contributed by atoms with van der Waals surface area (Å²) in [7, 11) is 0. The number of aryl methyl sites for hydroxylation is 3. The highest BCUT2D eigenvalue weighted by Gasteiger charge is 2.16. The number of carbonyl (C=O) groups excluding carboxylic acids is 1. The molecule has 2 aromatic heterocycles. The van der Waals surface area contributed by atoms with E-state index in [-0.39, 0.29) is 24.4 Å². The number of nitrogens with zero attached hydrogens (tertiary/aromatic N) is 1. The Bertz CT molecular complexity index is 664. The molecule has 1 amide bonds. The SMILES string of the molecule is Cc1noc(C)c1CC(=O)NCc1cc(C(=O)O)c(C)o1. The van der Waals surface area contributed by atoms with Crippen molar-refractivity contribution in [2.75, 3.05) is 0 Å². The minimum absolute atomic E-state index is 0.102. The summed E-state index contributed by atoms with van der Waals surface area (Å²) in [6, 6.07) is 1.41. The van der Waals surface area contributed by atoms with Gasteiger partial charge in [-0.1, -0.05) is 5.16 Å². The average molecular weight is 292 g/mol. The first-order valence-corrected chi connectivity index (χ1v) is 6.39. The summed E-state index contributed by atoms with van der Waals surface area (Å²) in [6.45, 7) is 5.22. The number of rotatable bonds is 5. The predicted octanol–water partition coefficient (Wildman–Crippen LogP) is 1.75. The van der Waals surface area contributed by atoms with Crippen molar-refractivity contribution < 1.29 is 23.6 Å². The van der Waals surface area contributed by atoms with Crippen LogP contribution in [0.4, 0.5) is 0 Å². The first-order chi connectivity index (χ1) is 9.88. The van der Waals surface area contributed by atoms with Gasteiger partial charge in [-0.15, -0.1) is 0 Å². The van der Waals surface area contributed by atoms with Crippen LogP contribution in [0.5, 0.6) is 0 Å². The van der Waals surface area contributed by atoms with E-state index in [2.05, 4.69) is 10.5 Å². The monoisotopic (exact) mass is 292 g/mol. The van der Waals surface area contributed by atoms with Gasteiger partial charge in [-0.3, -0.25) is 4.79 Å². The molecule has 0 radical (unpaired) electrons. The molecule has 21 heavy (non-hydrogen) atoms. The zero-order chi connectivity index (χ0) is 15.6. The van der Waals surface area contributed by atoms with Gasteiger partial charge < -0.3 is 19.4 Å². The zero-order valence-electron chi connectivity index (χ0n) is 12.0. The number of aromatic nitrogens is 1. The van der Waals surface area contributed by atoms with Gasteiger partial charge >= 0.3 is 5.97 Å². The maximum Gasteiger partial charge on any atom is 0.339 e. The third-order valence-electron chi connectivity index (χ3n) is 3.18. The fourth-order valence-corrected chi connectivity index (χ4v) is 2.01. The van der Waals surface area contributed by atoms with Crippen molar-refractivity contribution in [1.82, 2.24) is 10.5 Å². The van der Waals surface area contributed by atoms with Crippen LogP contribution in [0.25, 0.3) is 0 Å². The lowest BCUT2D eigenvalue weighted by atomic mass is 10.1. The molecule has 2 heterocycles. The molecule has 2 aromatic rings. The summed E-state index contributed by atoms with van der Waals surface area (Å²) in [5.74, 6) is 0.0685. The highest BCUT2D eigenvalue weighted by atomic mass is 16.5. The second-order valence-electron chi connectivity index (χ2n) is 4.74. The van der Waals surface area contributed by atoms with Crippen LogP contribution in [0.2, 0.25) is 0 Å². The van der Waals surface area contributed by atoms with Gasteiger partial charge in [0.2, 0.25) is 5.91 Å². The number of carboxylic acids is 1. The van der Waals surface area contributed by atoms with Crippen LogP contribution in [0.1, 0.15) is 38.9 Å². The van der Waals surface area contributed by atoms with Crippen LogP contribution in [-0.2, 0) is 17.8 Å². The van der Waals surface area contributed by atoms with Crippen LogP contribution in [0.3, 0.4) is 0 Å². The lowest BCUT2D eigenvalue weighted by molar-refractivity contribution is -0.120. The van der Waals surface area contributed by atoms with E-state index >= 15 is 0 Å². The van der Waals surface area contributed by atoms with E-state index in [9.17, 15) is 9.59 Å². The molecule has 0 unspecified atom stereocenters. The normalized spacial score (nSPS) is 10.6. The molecule has 0 fully saturated rings. The molecule has 0 aliphatic carbocycles. The maximum absolute atomic E-state index is 11.9. The van der Waals surface area contributed by atoms with Gasteiger partial charge in [0.05, 0.1) is 18.7 Å². The van der Waals surface area contributed by atoms with E-state index in [1.807, 2.05) is 0 Å². The Kier molecular flexibility index (Phi) is 4.11. The average Bonchev–Trinajstić information content (AvgIpc) is 2.94. The Morgan fingerprint density at radius 2 is 2.00 bits per heavy atom. The van der Waals surface area contributed by atoms with Crippen molar-refractivity contribution in [3.05, 3.63) is 40.2 Å². The molecule has 2 N–H and O–H groups in total. The lowest BCUT2D eigenvalue weighted by Gasteiger charge is -2.02. The van der Waals surface area contributed by atoms with E-state index < -0.39 is 5.97 Å². The van der Waals surface area contributed by atoms with E-state index in [1.165, 1.54) is 6.07 Å². The van der Waals surface area contributed by atoms with Gasteiger partial charge in [0.15, 0.2) is 0 Å². The van der Waals surface area contributed by atoms with Gasteiger partial charge in [0.1, 0.15) is 22.8 Å². The molecule has 0 bridgehead atoms.